The molecule has 1 aliphatic rings. The molecule has 1 saturated heterocycles. The number of nitrogens with zero attached hydrogens (tertiary/aromatic N) is 3. The molecule has 1 aromatic heterocycles. The van der Waals surface area contributed by atoms with Crippen LogP contribution in [0.2, 0.25) is 0 Å². The number of carbonyl (C=O) groups excluding carboxylic acids is 1. The first-order valence-electron chi connectivity index (χ1n) is 10.2. The summed E-state index contributed by atoms with van der Waals surface area (Å²) in [6.45, 7) is 4.03. The van der Waals surface area contributed by atoms with Crippen molar-refractivity contribution in [3.05, 3.63) is 77.8 Å². The number of methoxy groups -OCH3 is 1. The van der Waals surface area contributed by atoms with Gasteiger partial charge in [-0.1, -0.05) is 30.3 Å². The molecule has 2 heterocycles. The number of piperazine rings is 1. The van der Waals surface area contributed by atoms with Crippen LogP contribution in [0.1, 0.15) is 21.9 Å². The van der Waals surface area contributed by atoms with E-state index in [4.69, 9.17) is 9.15 Å². The smallest absolute Gasteiger partial charge is 0.273 e. The molecule has 7 nitrogen and oxygen atoms in total. The molecule has 4 rings (SSSR count). The lowest BCUT2D eigenvalue weighted by molar-refractivity contribution is 0.0945. The van der Waals surface area contributed by atoms with Gasteiger partial charge in [-0.2, -0.15) is 0 Å². The zero-order valence-electron chi connectivity index (χ0n) is 17.4. The molecule has 1 N–H and O–H groups in total. The van der Waals surface area contributed by atoms with E-state index in [2.05, 4.69) is 26.2 Å². The zero-order chi connectivity index (χ0) is 21.6. The van der Waals surface area contributed by atoms with E-state index in [1.807, 2.05) is 18.2 Å². The van der Waals surface area contributed by atoms with E-state index in [0.29, 0.717) is 18.0 Å². The monoisotopic (exact) mass is 424 g/mol. The van der Waals surface area contributed by atoms with Crippen molar-refractivity contribution < 1.29 is 18.3 Å². The summed E-state index contributed by atoms with van der Waals surface area (Å²) in [6, 6.07) is 14.3. The number of aromatic nitrogens is 1. The highest BCUT2D eigenvalue weighted by Gasteiger charge is 2.21. The number of anilines is 1. The topological polar surface area (TPSA) is 70.8 Å². The van der Waals surface area contributed by atoms with Crippen LogP contribution in [0.5, 0.6) is 5.75 Å². The highest BCUT2D eigenvalue weighted by atomic mass is 19.1. The van der Waals surface area contributed by atoms with Crippen LogP contribution in [0, 0.1) is 5.82 Å². The first kappa shape index (κ1) is 20.9. The maximum Gasteiger partial charge on any atom is 0.273 e. The lowest BCUT2D eigenvalue weighted by atomic mass is 10.2. The lowest BCUT2D eigenvalue weighted by Crippen LogP contribution is -2.46. The van der Waals surface area contributed by atoms with Crippen LogP contribution in [0.3, 0.4) is 0 Å². The number of rotatable bonds is 7. The van der Waals surface area contributed by atoms with Crippen molar-refractivity contribution in [1.82, 2.24) is 15.2 Å². The SMILES string of the molecule is COc1ccccc1N1CCN(Cc2nc(C(=O)NCc3ccccc3F)co2)CC1. The standard InChI is InChI=1S/C23H25FN4O3/c1-30-21-9-5-4-8-20(21)28-12-10-27(11-13-28)15-22-26-19(16-31-22)23(29)25-14-17-6-2-3-7-18(17)24/h2-9,16H,10-15H2,1H3,(H,25,29). The second kappa shape index (κ2) is 9.61. The molecule has 0 radical (unpaired) electrons. The van der Waals surface area contributed by atoms with Gasteiger partial charge in [-0.15, -0.1) is 0 Å². The van der Waals surface area contributed by atoms with Gasteiger partial charge >= 0.3 is 0 Å². The molecule has 1 amide bonds. The summed E-state index contributed by atoms with van der Waals surface area (Å²) >= 11 is 0. The van der Waals surface area contributed by atoms with Crippen molar-refractivity contribution in [1.29, 1.82) is 0 Å². The van der Waals surface area contributed by atoms with Gasteiger partial charge in [0.05, 0.1) is 19.3 Å². The van der Waals surface area contributed by atoms with Crippen molar-refractivity contribution in [3.63, 3.8) is 0 Å². The largest absolute Gasteiger partial charge is 0.495 e. The van der Waals surface area contributed by atoms with Crippen LogP contribution < -0.4 is 15.0 Å². The minimum absolute atomic E-state index is 0.0958. The van der Waals surface area contributed by atoms with Crippen molar-refractivity contribution in [2.24, 2.45) is 0 Å². The van der Waals surface area contributed by atoms with Gasteiger partial charge in [0, 0.05) is 38.3 Å². The third-order valence-electron chi connectivity index (χ3n) is 5.34. The molecule has 0 unspecified atom stereocenters. The number of benzene rings is 2. The normalized spacial score (nSPS) is 14.5. The van der Waals surface area contributed by atoms with Crippen LogP contribution in [-0.2, 0) is 13.1 Å². The number of nitrogens with one attached hydrogen (secondary N) is 1. The molecule has 1 fully saturated rings. The Morgan fingerprint density at radius 3 is 2.65 bits per heavy atom. The van der Waals surface area contributed by atoms with Crippen molar-refractivity contribution in [3.8, 4) is 5.75 Å². The average Bonchev–Trinajstić information content (AvgIpc) is 3.27. The molecule has 8 heteroatoms. The number of hydrogen-bond donors (Lipinski definition) is 1. The van der Waals surface area contributed by atoms with Gasteiger partial charge in [0.1, 0.15) is 17.8 Å². The van der Waals surface area contributed by atoms with Gasteiger partial charge in [-0.25, -0.2) is 9.37 Å². The Bertz CT molecular complexity index is 1030. The molecular formula is C23H25FN4O3. The van der Waals surface area contributed by atoms with Crippen molar-refractivity contribution >= 4 is 11.6 Å². The quantitative estimate of drug-likeness (QED) is 0.629. The number of para-hydroxylation sites is 2. The fourth-order valence-electron chi connectivity index (χ4n) is 3.62. The summed E-state index contributed by atoms with van der Waals surface area (Å²) in [5, 5.41) is 2.67. The van der Waals surface area contributed by atoms with Gasteiger partial charge in [0.15, 0.2) is 5.69 Å². The zero-order valence-corrected chi connectivity index (χ0v) is 17.4. The predicted octanol–water partition coefficient (Wildman–Crippen LogP) is 3.07. The summed E-state index contributed by atoms with van der Waals surface area (Å²) in [5.74, 6) is 0.617. The fourth-order valence-corrected chi connectivity index (χ4v) is 3.62. The van der Waals surface area contributed by atoms with Crippen LogP contribution >= 0.6 is 0 Å². The molecule has 0 bridgehead atoms. The van der Waals surface area contributed by atoms with Crippen LogP contribution in [0.15, 0.2) is 59.2 Å². The second-order valence-electron chi connectivity index (χ2n) is 7.34. The first-order chi connectivity index (χ1) is 15.1. The Kier molecular flexibility index (Phi) is 6.47. The Hall–Kier alpha value is -3.39. The van der Waals surface area contributed by atoms with E-state index in [1.54, 1.807) is 25.3 Å². The maximum atomic E-state index is 13.7. The third kappa shape index (κ3) is 5.03. The highest BCUT2D eigenvalue weighted by molar-refractivity contribution is 5.91. The van der Waals surface area contributed by atoms with Gasteiger partial charge in [0.25, 0.3) is 5.91 Å². The van der Waals surface area contributed by atoms with Crippen LogP contribution in [0.4, 0.5) is 10.1 Å². The number of carbonyl (C=O) groups is 1. The molecule has 3 aromatic rings. The van der Waals surface area contributed by atoms with Crippen molar-refractivity contribution in [2.45, 2.75) is 13.1 Å². The molecular weight excluding hydrogens is 399 g/mol. The molecule has 0 aliphatic carbocycles. The second-order valence-corrected chi connectivity index (χ2v) is 7.34. The molecule has 31 heavy (non-hydrogen) atoms. The fraction of sp³-hybridized carbons (Fsp3) is 0.304. The van der Waals surface area contributed by atoms with E-state index >= 15 is 0 Å². The van der Waals surface area contributed by atoms with Gasteiger partial charge < -0.3 is 19.4 Å². The molecule has 0 saturated carbocycles. The summed E-state index contributed by atoms with van der Waals surface area (Å²) < 4.78 is 24.6. The Labute approximate surface area is 180 Å². The van der Waals surface area contributed by atoms with Crippen LogP contribution in [-0.4, -0.2) is 49.1 Å². The Balaban J connectivity index is 1.28. The molecule has 1 aliphatic heterocycles. The van der Waals surface area contributed by atoms with Gasteiger partial charge in [-0.05, 0) is 18.2 Å². The molecule has 0 spiro atoms. The Morgan fingerprint density at radius 1 is 1.13 bits per heavy atom. The molecule has 0 atom stereocenters. The number of oxazole rings is 1. The highest BCUT2D eigenvalue weighted by Crippen LogP contribution is 2.28. The predicted molar refractivity (Wildman–Crippen MR) is 115 cm³/mol. The number of hydrogen-bond acceptors (Lipinski definition) is 6. The molecule has 2 aromatic carbocycles. The van der Waals surface area contributed by atoms with E-state index in [-0.39, 0.29) is 24.0 Å². The van der Waals surface area contributed by atoms with E-state index in [1.165, 1.54) is 12.3 Å². The first-order valence-corrected chi connectivity index (χ1v) is 10.2. The average molecular weight is 424 g/mol. The van der Waals surface area contributed by atoms with Gasteiger partial charge in [0.2, 0.25) is 5.89 Å². The lowest BCUT2D eigenvalue weighted by Gasteiger charge is -2.36. The third-order valence-corrected chi connectivity index (χ3v) is 5.34. The summed E-state index contributed by atoms with van der Waals surface area (Å²) in [7, 11) is 1.68. The summed E-state index contributed by atoms with van der Waals surface area (Å²) in [6.07, 6.45) is 1.34. The minimum atomic E-state index is -0.390. The van der Waals surface area contributed by atoms with E-state index < -0.39 is 0 Å². The molecule has 162 valence electrons. The maximum absolute atomic E-state index is 13.7. The van der Waals surface area contributed by atoms with Gasteiger partial charge in [-0.3, -0.25) is 9.69 Å². The van der Waals surface area contributed by atoms with Crippen LogP contribution in [0.25, 0.3) is 0 Å². The number of ether oxygens (including phenoxy) is 1. The minimum Gasteiger partial charge on any atom is -0.495 e. The van der Waals surface area contributed by atoms with E-state index in [0.717, 1.165) is 37.6 Å². The summed E-state index contributed by atoms with van der Waals surface area (Å²) in [4.78, 5) is 21.1. The van der Waals surface area contributed by atoms with E-state index in [9.17, 15) is 9.18 Å². The van der Waals surface area contributed by atoms with Crippen molar-refractivity contribution in [2.75, 3.05) is 38.2 Å². The summed E-state index contributed by atoms with van der Waals surface area (Å²) in [5.41, 5.74) is 1.71. The number of halogens is 1. The Morgan fingerprint density at radius 2 is 1.87 bits per heavy atom. The number of amides is 1.